The third-order valence-corrected chi connectivity index (χ3v) is 3.78. The molecule has 1 heterocycles. The average Bonchev–Trinajstić information content (AvgIpc) is 2.94. The van der Waals surface area contributed by atoms with E-state index in [0.29, 0.717) is 12.4 Å². The van der Waals surface area contributed by atoms with Gasteiger partial charge in [0.05, 0.1) is 13.2 Å². The maximum absolute atomic E-state index is 11.7. The molecule has 1 N–H and O–H groups in total. The molecule has 1 aliphatic rings. The summed E-state index contributed by atoms with van der Waals surface area (Å²) in [5, 5.41) is 2.93. The van der Waals surface area contributed by atoms with Crippen LogP contribution in [0.15, 0.2) is 66.4 Å². The Balaban J connectivity index is 1.62. The largest absolute Gasteiger partial charge is 0.497 e. The van der Waals surface area contributed by atoms with E-state index in [9.17, 15) is 4.79 Å². The molecule has 0 radical (unpaired) electrons. The van der Waals surface area contributed by atoms with E-state index in [-0.39, 0.29) is 11.9 Å². The van der Waals surface area contributed by atoms with Crippen molar-refractivity contribution in [3.63, 3.8) is 0 Å². The van der Waals surface area contributed by atoms with Crippen LogP contribution < -0.4 is 10.1 Å². The molecule has 0 aliphatic carbocycles. The molecule has 1 amide bonds. The van der Waals surface area contributed by atoms with Crippen LogP contribution in [0.1, 0.15) is 11.1 Å². The summed E-state index contributed by atoms with van der Waals surface area (Å²) >= 11 is 0. The summed E-state index contributed by atoms with van der Waals surface area (Å²) in [5.74, 6) is 1.40. The summed E-state index contributed by atoms with van der Waals surface area (Å²) in [5.41, 5.74) is 2.20. The van der Waals surface area contributed by atoms with Crippen LogP contribution in [0.2, 0.25) is 0 Å². The van der Waals surface area contributed by atoms with Gasteiger partial charge in [-0.2, -0.15) is 0 Å². The van der Waals surface area contributed by atoms with Crippen LogP contribution >= 0.6 is 0 Å². The Kier molecular flexibility index (Phi) is 4.62. The second-order valence-corrected chi connectivity index (χ2v) is 5.43. The molecule has 0 saturated carbocycles. The van der Waals surface area contributed by atoms with Crippen molar-refractivity contribution >= 4 is 5.91 Å². The first-order chi connectivity index (χ1) is 11.2. The van der Waals surface area contributed by atoms with Gasteiger partial charge in [0, 0.05) is 6.08 Å². The van der Waals surface area contributed by atoms with Crippen LogP contribution in [0, 0.1) is 0 Å². The second-order valence-electron chi connectivity index (χ2n) is 5.43. The summed E-state index contributed by atoms with van der Waals surface area (Å²) in [6, 6.07) is 17.7. The van der Waals surface area contributed by atoms with Gasteiger partial charge in [-0.1, -0.05) is 42.5 Å². The van der Waals surface area contributed by atoms with Crippen molar-refractivity contribution in [1.29, 1.82) is 0 Å². The van der Waals surface area contributed by atoms with E-state index in [4.69, 9.17) is 9.47 Å². The molecule has 3 rings (SSSR count). The van der Waals surface area contributed by atoms with Crippen LogP contribution in [-0.4, -0.2) is 19.1 Å². The molecule has 23 heavy (non-hydrogen) atoms. The Morgan fingerprint density at radius 2 is 1.74 bits per heavy atom. The van der Waals surface area contributed by atoms with Gasteiger partial charge in [-0.25, -0.2) is 0 Å². The van der Waals surface area contributed by atoms with Crippen molar-refractivity contribution < 1.29 is 14.3 Å². The minimum atomic E-state index is -0.108. The lowest BCUT2D eigenvalue weighted by Gasteiger charge is -2.16. The fourth-order valence-corrected chi connectivity index (χ4v) is 2.55. The minimum Gasteiger partial charge on any atom is -0.497 e. The fourth-order valence-electron chi connectivity index (χ4n) is 2.55. The van der Waals surface area contributed by atoms with Gasteiger partial charge in [-0.15, -0.1) is 0 Å². The molecular weight excluding hydrogens is 290 g/mol. The number of nitrogens with one attached hydrogen (secondary N) is 1. The predicted octanol–water partition coefficient (Wildman–Crippen LogP) is 2.84. The van der Waals surface area contributed by atoms with E-state index < -0.39 is 0 Å². The van der Waals surface area contributed by atoms with Gasteiger partial charge in [0.1, 0.15) is 18.1 Å². The van der Waals surface area contributed by atoms with E-state index in [0.717, 1.165) is 17.7 Å². The number of benzene rings is 2. The molecule has 4 heteroatoms. The zero-order chi connectivity index (χ0) is 16.1. The van der Waals surface area contributed by atoms with Crippen LogP contribution in [0.4, 0.5) is 0 Å². The van der Waals surface area contributed by atoms with Crippen molar-refractivity contribution in [2.45, 2.75) is 19.1 Å². The van der Waals surface area contributed by atoms with Gasteiger partial charge < -0.3 is 14.8 Å². The van der Waals surface area contributed by atoms with E-state index in [1.807, 2.05) is 54.6 Å². The molecule has 0 saturated heterocycles. The van der Waals surface area contributed by atoms with Gasteiger partial charge in [-0.3, -0.25) is 4.79 Å². The Morgan fingerprint density at radius 3 is 2.43 bits per heavy atom. The molecule has 2 aromatic rings. The lowest BCUT2D eigenvalue weighted by molar-refractivity contribution is -0.116. The molecule has 2 aromatic carbocycles. The van der Waals surface area contributed by atoms with Gasteiger partial charge in [0.25, 0.3) is 0 Å². The molecule has 1 aliphatic heterocycles. The summed E-state index contributed by atoms with van der Waals surface area (Å²) in [4.78, 5) is 11.7. The molecule has 4 nitrogen and oxygen atoms in total. The number of rotatable bonds is 6. The SMILES string of the molecule is COc1ccc(COC2=CC(=O)N[C@H]2Cc2ccccc2)cc1. The number of hydrogen-bond donors (Lipinski definition) is 1. The molecule has 118 valence electrons. The topological polar surface area (TPSA) is 47.6 Å². The Bertz CT molecular complexity index is 692. The quantitative estimate of drug-likeness (QED) is 0.892. The highest BCUT2D eigenvalue weighted by atomic mass is 16.5. The lowest BCUT2D eigenvalue weighted by Crippen LogP contribution is -2.31. The Morgan fingerprint density at radius 1 is 1.00 bits per heavy atom. The number of methoxy groups -OCH3 is 1. The van der Waals surface area contributed by atoms with Crippen molar-refractivity contribution in [2.75, 3.05) is 7.11 Å². The Labute approximate surface area is 135 Å². The van der Waals surface area contributed by atoms with Crippen LogP contribution in [-0.2, 0) is 22.6 Å². The van der Waals surface area contributed by atoms with E-state index in [1.54, 1.807) is 7.11 Å². The third-order valence-electron chi connectivity index (χ3n) is 3.78. The summed E-state index contributed by atoms with van der Waals surface area (Å²) < 4.78 is 11.0. The van der Waals surface area contributed by atoms with Crippen molar-refractivity contribution in [1.82, 2.24) is 5.32 Å². The first kappa shape index (κ1) is 15.2. The van der Waals surface area contributed by atoms with E-state index >= 15 is 0 Å². The number of carbonyl (C=O) groups excluding carboxylic acids is 1. The zero-order valence-electron chi connectivity index (χ0n) is 13.0. The van der Waals surface area contributed by atoms with Crippen LogP contribution in [0.25, 0.3) is 0 Å². The monoisotopic (exact) mass is 309 g/mol. The predicted molar refractivity (Wildman–Crippen MR) is 87.9 cm³/mol. The van der Waals surface area contributed by atoms with Crippen LogP contribution in [0.5, 0.6) is 5.75 Å². The summed E-state index contributed by atoms with van der Waals surface area (Å²) in [7, 11) is 1.64. The molecule has 0 unspecified atom stereocenters. The molecule has 0 aromatic heterocycles. The standard InChI is InChI=1S/C19H19NO3/c1-22-16-9-7-15(8-10-16)13-23-18-12-19(21)20-17(18)11-14-5-3-2-4-6-14/h2-10,12,17H,11,13H2,1H3,(H,20,21)/t17-/m0/s1. The van der Waals surface area contributed by atoms with Gasteiger partial charge in [0.15, 0.2) is 0 Å². The molecule has 0 bridgehead atoms. The first-order valence-electron chi connectivity index (χ1n) is 7.56. The van der Waals surface area contributed by atoms with Crippen molar-refractivity contribution in [3.05, 3.63) is 77.6 Å². The molecular formula is C19H19NO3. The average molecular weight is 309 g/mol. The highest BCUT2D eigenvalue weighted by Crippen LogP contribution is 2.19. The van der Waals surface area contributed by atoms with E-state index in [2.05, 4.69) is 5.32 Å². The smallest absolute Gasteiger partial charge is 0.248 e. The molecule has 0 spiro atoms. The summed E-state index contributed by atoms with van der Waals surface area (Å²) in [6.07, 6.45) is 2.26. The fraction of sp³-hybridized carbons (Fsp3) is 0.211. The van der Waals surface area contributed by atoms with Gasteiger partial charge in [-0.05, 0) is 29.7 Å². The van der Waals surface area contributed by atoms with Crippen molar-refractivity contribution in [2.24, 2.45) is 0 Å². The lowest BCUT2D eigenvalue weighted by atomic mass is 10.1. The maximum Gasteiger partial charge on any atom is 0.248 e. The first-order valence-corrected chi connectivity index (χ1v) is 7.56. The van der Waals surface area contributed by atoms with Crippen LogP contribution in [0.3, 0.4) is 0 Å². The number of carbonyl (C=O) groups is 1. The maximum atomic E-state index is 11.7. The number of amides is 1. The third kappa shape index (κ3) is 3.92. The number of ether oxygens (including phenoxy) is 2. The van der Waals surface area contributed by atoms with Crippen molar-refractivity contribution in [3.8, 4) is 5.75 Å². The minimum absolute atomic E-state index is 0.101. The zero-order valence-corrected chi connectivity index (χ0v) is 13.0. The molecule has 1 atom stereocenters. The van der Waals surface area contributed by atoms with E-state index in [1.165, 1.54) is 11.6 Å². The number of hydrogen-bond acceptors (Lipinski definition) is 3. The highest BCUT2D eigenvalue weighted by molar-refractivity contribution is 5.91. The molecule has 0 fully saturated rings. The summed E-state index contributed by atoms with van der Waals surface area (Å²) in [6.45, 7) is 0.427. The normalized spacial score (nSPS) is 16.7. The highest BCUT2D eigenvalue weighted by Gasteiger charge is 2.25. The van der Waals surface area contributed by atoms with Gasteiger partial charge >= 0.3 is 0 Å². The van der Waals surface area contributed by atoms with Gasteiger partial charge in [0.2, 0.25) is 5.91 Å². The second kappa shape index (κ2) is 7.01. The Hall–Kier alpha value is -2.75.